The molecule has 1 aromatic heterocycles. The smallest absolute Gasteiger partial charge is 0.250 e. The number of nitrogens with zero attached hydrogens (tertiary/aromatic N) is 1. The van der Waals surface area contributed by atoms with Crippen molar-refractivity contribution < 1.29 is 4.79 Å². The largest absolute Gasteiger partial charge is 0.356 e. The van der Waals surface area contributed by atoms with Crippen molar-refractivity contribution in [2.45, 2.75) is 32.2 Å². The van der Waals surface area contributed by atoms with E-state index in [-0.39, 0.29) is 11.5 Å². The van der Waals surface area contributed by atoms with E-state index in [1.165, 1.54) is 11.6 Å². The number of pyridine rings is 1. The summed E-state index contributed by atoms with van der Waals surface area (Å²) in [6.07, 6.45) is 4.42. The Morgan fingerprint density at radius 1 is 1.00 bits per heavy atom. The van der Waals surface area contributed by atoms with Crippen LogP contribution in [0.5, 0.6) is 0 Å². The van der Waals surface area contributed by atoms with E-state index in [1.54, 1.807) is 16.8 Å². The molecule has 0 aliphatic carbocycles. The Kier molecular flexibility index (Phi) is 7.35. The van der Waals surface area contributed by atoms with Crippen molar-refractivity contribution in [2.24, 2.45) is 0 Å². The molecule has 2 aromatic rings. The number of amides is 1. The first-order valence-corrected chi connectivity index (χ1v) is 8.67. The highest BCUT2D eigenvalue weighted by atomic mass is 35.5. The second-order valence-electron chi connectivity index (χ2n) is 5.56. The zero-order valence-corrected chi connectivity index (χ0v) is 14.8. The number of hydrogen-bond acceptors (Lipinski definition) is 2. The zero-order chi connectivity index (χ0) is 17.4. The van der Waals surface area contributed by atoms with E-state index in [4.69, 9.17) is 23.2 Å². The fourth-order valence-corrected chi connectivity index (χ4v) is 2.65. The fourth-order valence-electron chi connectivity index (χ4n) is 2.35. The normalized spacial score (nSPS) is 10.6. The predicted octanol–water partition coefficient (Wildman–Crippen LogP) is 3.68. The number of halogens is 2. The van der Waals surface area contributed by atoms with Gasteiger partial charge in [-0.2, -0.15) is 0 Å². The number of carbonyl (C=O) groups excluding carboxylic acids is 1. The molecule has 0 unspecified atom stereocenters. The van der Waals surface area contributed by atoms with Crippen molar-refractivity contribution in [1.82, 2.24) is 9.88 Å². The molecule has 0 spiro atoms. The lowest BCUT2D eigenvalue weighted by atomic mass is 10.1. The Bertz CT molecular complexity index is 727. The number of hydrogen-bond donors (Lipinski definition) is 1. The van der Waals surface area contributed by atoms with E-state index in [9.17, 15) is 9.59 Å². The van der Waals surface area contributed by atoms with Gasteiger partial charge in [0, 0.05) is 36.8 Å². The van der Waals surface area contributed by atoms with Crippen LogP contribution in [0.4, 0.5) is 0 Å². The third kappa shape index (κ3) is 6.38. The van der Waals surface area contributed by atoms with Crippen molar-refractivity contribution in [1.29, 1.82) is 0 Å². The van der Waals surface area contributed by atoms with Crippen LogP contribution in [-0.2, 0) is 17.8 Å². The maximum Gasteiger partial charge on any atom is 0.250 e. The molecular formula is C18H20Cl2N2O2. The van der Waals surface area contributed by atoms with Crippen LogP contribution in [0.2, 0.25) is 10.0 Å². The summed E-state index contributed by atoms with van der Waals surface area (Å²) in [6, 6.07) is 10.7. The number of carbonyl (C=O) groups is 1. The molecular weight excluding hydrogens is 347 g/mol. The van der Waals surface area contributed by atoms with Gasteiger partial charge < -0.3 is 9.88 Å². The van der Waals surface area contributed by atoms with Crippen LogP contribution < -0.4 is 10.9 Å². The van der Waals surface area contributed by atoms with Crippen LogP contribution >= 0.6 is 23.2 Å². The third-order valence-electron chi connectivity index (χ3n) is 3.63. The van der Waals surface area contributed by atoms with Crippen LogP contribution in [0.25, 0.3) is 0 Å². The fraction of sp³-hybridized carbons (Fsp3) is 0.333. The van der Waals surface area contributed by atoms with E-state index in [2.05, 4.69) is 5.32 Å². The van der Waals surface area contributed by atoms with Crippen molar-refractivity contribution in [3.8, 4) is 0 Å². The topological polar surface area (TPSA) is 51.1 Å². The molecule has 1 amide bonds. The molecule has 0 fully saturated rings. The lowest BCUT2D eigenvalue weighted by Crippen LogP contribution is -2.26. The Morgan fingerprint density at radius 2 is 1.71 bits per heavy atom. The summed E-state index contributed by atoms with van der Waals surface area (Å²) in [6.45, 7) is 1.07. The summed E-state index contributed by atoms with van der Waals surface area (Å²) >= 11 is 11.7. The molecule has 128 valence electrons. The van der Waals surface area contributed by atoms with E-state index in [0.717, 1.165) is 17.9 Å². The average molecular weight is 367 g/mol. The van der Waals surface area contributed by atoms with E-state index < -0.39 is 0 Å². The van der Waals surface area contributed by atoms with Gasteiger partial charge in [0.2, 0.25) is 5.91 Å². The van der Waals surface area contributed by atoms with Gasteiger partial charge in [-0.3, -0.25) is 9.59 Å². The number of nitrogens with one attached hydrogen (secondary N) is 1. The van der Waals surface area contributed by atoms with Crippen LogP contribution in [0.1, 0.15) is 24.8 Å². The predicted molar refractivity (Wildman–Crippen MR) is 97.7 cm³/mol. The summed E-state index contributed by atoms with van der Waals surface area (Å²) in [7, 11) is 0. The molecule has 0 aliphatic rings. The first kappa shape index (κ1) is 18.6. The lowest BCUT2D eigenvalue weighted by Gasteiger charge is -2.07. The van der Waals surface area contributed by atoms with Crippen molar-refractivity contribution in [3.63, 3.8) is 0 Å². The quantitative estimate of drug-likeness (QED) is 0.724. The summed E-state index contributed by atoms with van der Waals surface area (Å²) in [5.74, 6) is 0.0300. The monoisotopic (exact) mass is 366 g/mol. The number of aryl methyl sites for hydroxylation is 2. The molecule has 24 heavy (non-hydrogen) atoms. The van der Waals surface area contributed by atoms with Gasteiger partial charge in [0.15, 0.2) is 0 Å². The van der Waals surface area contributed by atoms with Gasteiger partial charge in [0.25, 0.3) is 5.56 Å². The second-order valence-corrected chi connectivity index (χ2v) is 6.44. The third-order valence-corrected chi connectivity index (χ3v) is 4.10. The summed E-state index contributed by atoms with van der Waals surface area (Å²) in [5.41, 5.74) is 1.08. The first-order valence-electron chi connectivity index (χ1n) is 7.92. The summed E-state index contributed by atoms with van der Waals surface area (Å²) in [4.78, 5) is 23.4. The van der Waals surface area contributed by atoms with Crippen molar-refractivity contribution in [3.05, 3.63) is 68.6 Å². The second kappa shape index (κ2) is 9.50. The molecule has 1 heterocycles. The molecule has 0 radical (unpaired) electrons. The Hall–Kier alpha value is -1.78. The maximum absolute atomic E-state index is 11.8. The van der Waals surface area contributed by atoms with Gasteiger partial charge in [-0.15, -0.1) is 0 Å². The van der Waals surface area contributed by atoms with Gasteiger partial charge in [0.05, 0.1) is 5.02 Å². The minimum Gasteiger partial charge on any atom is -0.356 e. The molecule has 1 aromatic carbocycles. The van der Waals surface area contributed by atoms with E-state index >= 15 is 0 Å². The van der Waals surface area contributed by atoms with E-state index in [1.807, 2.05) is 24.3 Å². The number of benzene rings is 1. The zero-order valence-electron chi connectivity index (χ0n) is 13.3. The Labute approximate surface area is 151 Å². The molecule has 0 aliphatic heterocycles. The van der Waals surface area contributed by atoms with Gasteiger partial charge in [-0.1, -0.05) is 35.3 Å². The van der Waals surface area contributed by atoms with Crippen LogP contribution in [0.15, 0.2) is 47.4 Å². The molecule has 0 atom stereocenters. The molecule has 4 nitrogen and oxygen atoms in total. The molecule has 0 saturated carbocycles. The summed E-state index contributed by atoms with van der Waals surface area (Å²) < 4.78 is 1.55. The summed E-state index contributed by atoms with van der Waals surface area (Å²) in [5, 5.41) is 4.12. The van der Waals surface area contributed by atoms with Gasteiger partial charge in [-0.05, 0) is 43.0 Å². The van der Waals surface area contributed by atoms with Crippen LogP contribution in [0.3, 0.4) is 0 Å². The highest BCUT2D eigenvalue weighted by Crippen LogP contribution is 2.11. The lowest BCUT2D eigenvalue weighted by molar-refractivity contribution is -0.121. The Balaban J connectivity index is 1.62. The van der Waals surface area contributed by atoms with Crippen molar-refractivity contribution >= 4 is 29.1 Å². The van der Waals surface area contributed by atoms with Crippen LogP contribution in [-0.4, -0.2) is 17.0 Å². The molecule has 6 heteroatoms. The van der Waals surface area contributed by atoms with E-state index in [0.29, 0.717) is 31.0 Å². The highest BCUT2D eigenvalue weighted by Gasteiger charge is 2.02. The maximum atomic E-state index is 11.8. The number of rotatable bonds is 8. The number of aromatic nitrogens is 1. The highest BCUT2D eigenvalue weighted by molar-refractivity contribution is 6.30. The molecule has 0 saturated heterocycles. The SMILES string of the molecule is O=C(CCCc1ccc(Cl)cc1)NCCCn1cc(Cl)ccc1=O. The minimum atomic E-state index is -0.0892. The Morgan fingerprint density at radius 3 is 2.46 bits per heavy atom. The van der Waals surface area contributed by atoms with Crippen LogP contribution in [0, 0.1) is 0 Å². The van der Waals surface area contributed by atoms with Gasteiger partial charge in [-0.25, -0.2) is 0 Å². The van der Waals surface area contributed by atoms with Gasteiger partial charge in [0.1, 0.15) is 0 Å². The standard InChI is InChI=1S/C18H20Cl2N2O2/c19-15-7-5-14(6-8-15)3-1-4-17(23)21-11-2-12-22-13-16(20)9-10-18(22)24/h5-10,13H,1-4,11-12H2,(H,21,23). The molecule has 1 N–H and O–H groups in total. The molecule has 0 bridgehead atoms. The average Bonchev–Trinajstić information content (AvgIpc) is 2.56. The molecule has 2 rings (SSSR count). The van der Waals surface area contributed by atoms with Crippen molar-refractivity contribution in [2.75, 3.05) is 6.54 Å². The van der Waals surface area contributed by atoms with Gasteiger partial charge >= 0.3 is 0 Å². The first-order chi connectivity index (χ1) is 11.5. The minimum absolute atomic E-state index is 0.0300.